The van der Waals surface area contributed by atoms with Crippen LogP contribution in [0, 0.1) is 11.8 Å². The lowest BCUT2D eigenvalue weighted by molar-refractivity contribution is -0.124. The Morgan fingerprint density at radius 1 is 1.19 bits per heavy atom. The molecule has 3 rings (SSSR count). The summed E-state index contributed by atoms with van der Waals surface area (Å²) in [6.45, 7) is 2.64. The van der Waals surface area contributed by atoms with E-state index in [2.05, 4.69) is 11.9 Å². The van der Waals surface area contributed by atoms with Crippen molar-refractivity contribution in [3.05, 3.63) is 35.3 Å². The SMILES string of the molecule is COCC(COC)N(C(=O)C1CCC(C)CC1)c1ccc(Oc2nccs2)cc1C(=O)O. The number of ether oxygens (including phenoxy) is 3. The zero-order valence-corrected chi connectivity index (χ0v) is 19.5. The second kappa shape index (κ2) is 11.4. The van der Waals surface area contributed by atoms with Crippen molar-refractivity contribution in [2.75, 3.05) is 32.3 Å². The van der Waals surface area contributed by atoms with E-state index in [4.69, 9.17) is 14.2 Å². The van der Waals surface area contributed by atoms with Crippen LogP contribution in [0.15, 0.2) is 29.8 Å². The number of thiazole rings is 1. The van der Waals surface area contributed by atoms with Gasteiger partial charge in [-0.1, -0.05) is 18.3 Å². The first-order valence-electron chi connectivity index (χ1n) is 10.7. The number of nitrogens with zero attached hydrogens (tertiary/aromatic N) is 2. The monoisotopic (exact) mass is 462 g/mol. The number of hydrogen-bond donors (Lipinski definition) is 1. The Balaban J connectivity index is 1.99. The number of methoxy groups -OCH3 is 2. The quantitative estimate of drug-likeness (QED) is 0.557. The Hall–Kier alpha value is -2.49. The van der Waals surface area contributed by atoms with E-state index in [0.29, 0.717) is 22.5 Å². The van der Waals surface area contributed by atoms with E-state index < -0.39 is 12.0 Å². The molecule has 174 valence electrons. The Morgan fingerprint density at radius 3 is 2.44 bits per heavy atom. The molecular formula is C23H30N2O6S. The van der Waals surface area contributed by atoms with E-state index in [1.165, 1.54) is 17.4 Å². The van der Waals surface area contributed by atoms with Crippen LogP contribution in [0.2, 0.25) is 0 Å². The molecule has 1 aromatic carbocycles. The number of carboxylic acid groups (broad SMARTS) is 1. The second-order valence-corrected chi connectivity index (χ2v) is 8.97. The number of benzene rings is 1. The maximum Gasteiger partial charge on any atom is 0.337 e. The van der Waals surface area contributed by atoms with Crippen LogP contribution in [0.4, 0.5) is 5.69 Å². The molecule has 1 fully saturated rings. The van der Waals surface area contributed by atoms with Crippen LogP contribution in [-0.4, -0.2) is 55.4 Å². The third-order valence-electron chi connectivity index (χ3n) is 5.76. The van der Waals surface area contributed by atoms with Gasteiger partial charge in [-0.15, -0.1) is 0 Å². The van der Waals surface area contributed by atoms with E-state index >= 15 is 0 Å². The highest BCUT2D eigenvalue weighted by Gasteiger charge is 2.35. The predicted molar refractivity (Wildman–Crippen MR) is 122 cm³/mol. The molecule has 8 nitrogen and oxygen atoms in total. The molecule has 1 heterocycles. The van der Waals surface area contributed by atoms with Crippen LogP contribution in [0.5, 0.6) is 10.9 Å². The smallest absolute Gasteiger partial charge is 0.337 e. The fourth-order valence-corrected chi connectivity index (χ4v) is 4.61. The third kappa shape index (κ3) is 5.85. The number of carbonyl (C=O) groups is 2. The summed E-state index contributed by atoms with van der Waals surface area (Å²) in [7, 11) is 3.10. The van der Waals surface area contributed by atoms with Crippen LogP contribution in [0.25, 0.3) is 0 Å². The van der Waals surface area contributed by atoms with E-state index in [9.17, 15) is 14.7 Å². The van der Waals surface area contributed by atoms with Gasteiger partial charge in [0.25, 0.3) is 5.19 Å². The molecule has 0 spiro atoms. The van der Waals surface area contributed by atoms with Gasteiger partial charge in [-0.2, -0.15) is 0 Å². The summed E-state index contributed by atoms with van der Waals surface area (Å²) in [6, 6.07) is 4.25. The van der Waals surface area contributed by atoms with Gasteiger partial charge in [0.05, 0.1) is 30.5 Å². The van der Waals surface area contributed by atoms with Crippen LogP contribution < -0.4 is 9.64 Å². The zero-order chi connectivity index (χ0) is 23.1. The van der Waals surface area contributed by atoms with Crippen LogP contribution in [0.1, 0.15) is 43.0 Å². The summed E-state index contributed by atoms with van der Waals surface area (Å²) in [5.74, 6) is -0.455. The summed E-state index contributed by atoms with van der Waals surface area (Å²) in [5, 5.41) is 12.1. The Morgan fingerprint density at radius 2 is 1.88 bits per heavy atom. The molecule has 1 aliphatic carbocycles. The number of amides is 1. The van der Waals surface area contributed by atoms with Gasteiger partial charge < -0.3 is 24.2 Å². The lowest BCUT2D eigenvalue weighted by Gasteiger charge is -2.36. The first-order chi connectivity index (χ1) is 15.4. The van der Waals surface area contributed by atoms with Crippen molar-refractivity contribution in [2.24, 2.45) is 11.8 Å². The Kier molecular flexibility index (Phi) is 8.60. The minimum Gasteiger partial charge on any atom is -0.478 e. The number of hydrogen-bond acceptors (Lipinski definition) is 7. The van der Waals surface area contributed by atoms with E-state index in [-0.39, 0.29) is 30.6 Å². The van der Waals surface area contributed by atoms with Gasteiger partial charge >= 0.3 is 5.97 Å². The normalized spacial score (nSPS) is 18.5. The largest absolute Gasteiger partial charge is 0.478 e. The second-order valence-electron chi connectivity index (χ2n) is 8.11. The average Bonchev–Trinajstić information content (AvgIpc) is 3.28. The highest BCUT2D eigenvalue weighted by Crippen LogP contribution is 2.35. The number of carboxylic acids is 1. The molecule has 1 aliphatic rings. The summed E-state index contributed by atoms with van der Waals surface area (Å²) in [4.78, 5) is 31.5. The molecule has 9 heteroatoms. The molecule has 0 radical (unpaired) electrons. The molecule has 0 unspecified atom stereocenters. The lowest BCUT2D eigenvalue weighted by atomic mass is 9.82. The highest BCUT2D eigenvalue weighted by atomic mass is 32.1. The van der Waals surface area contributed by atoms with Gasteiger partial charge in [-0.25, -0.2) is 9.78 Å². The van der Waals surface area contributed by atoms with Crippen molar-refractivity contribution in [1.82, 2.24) is 4.98 Å². The Labute approximate surface area is 192 Å². The van der Waals surface area contributed by atoms with E-state index in [1.807, 2.05) is 0 Å². The first kappa shape index (κ1) is 24.2. The van der Waals surface area contributed by atoms with Crippen molar-refractivity contribution >= 4 is 28.9 Å². The van der Waals surface area contributed by atoms with Gasteiger partial charge in [0, 0.05) is 31.7 Å². The van der Waals surface area contributed by atoms with Crippen LogP contribution in [-0.2, 0) is 14.3 Å². The number of anilines is 1. The summed E-state index contributed by atoms with van der Waals surface area (Å²) >= 11 is 1.31. The molecule has 2 aromatic rings. The lowest BCUT2D eigenvalue weighted by Crippen LogP contribution is -2.49. The summed E-state index contributed by atoms with van der Waals surface area (Å²) in [6.07, 6.45) is 5.15. The fourth-order valence-electron chi connectivity index (χ4n) is 4.10. The minimum absolute atomic E-state index is 0.0196. The molecule has 1 amide bonds. The molecule has 1 N–H and O–H groups in total. The third-order valence-corrected chi connectivity index (χ3v) is 6.41. The topological polar surface area (TPSA) is 98.2 Å². The zero-order valence-electron chi connectivity index (χ0n) is 18.7. The molecule has 1 saturated carbocycles. The summed E-state index contributed by atoms with van der Waals surface area (Å²) < 4.78 is 16.4. The van der Waals surface area contributed by atoms with E-state index in [0.717, 1.165) is 25.7 Å². The molecule has 0 saturated heterocycles. The maximum atomic E-state index is 13.7. The molecule has 0 atom stereocenters. The number of aromatic carboxylic acids is 1. The van der Waals surface area contributed by atoms with Crippen LogP contribution >= 0.6 is 11.3 Å². The van der Waals surface area contributed by atoms with Crippen LogP contribution in [0.3, 0.4) is 0 Å². The fraction of sp³-hybridized carbons (Fsp3) is 0.522. The predicted octanol–water partition coefficient (Wildman–Crippen LogP) is 4.45. The molecule has 0 aliphatic heterocycles. The number of rotatable bonds is 10. The van der Waals surface area contributed by atoms with Gasteiger partial charge in [-0.05, 0) is 49.8 Å². The molecular weight excluding hydrogens is 432 g/mol. The number of carbonyl (C=O) groups excluding carboxylic acids is 1. The maximum absolute atomic E-state index is 13.7. The highest BCUT2D eigenvalue weighted by molar-refractivity contribution is 7.11. The summed E-state index contributed by atoms with van der Waals surface area (Å²) in [5.41, 5.74) is 0.292. The van der Waals surface area contributed by atoms with Crippen molar-refractivity contribution in [3.63, 3.8) is 0 Å². The Bertz CT molecular complexity index is 890. The van der Waals surface area contributed by atoms with Gasteiger partial charge in [0.1, 0.15) is 5.75 Å². The minimum atomic E-state index is -1.15. The van der Waals surface area contributed by atoms with Crippen molar-refractivity contribution in [3.8, 4) is 10.9 Å². The van der Waals surface area contributed by atoms with Gasteiger partial charge in [0.2, 0.25) is 5.91 Å². The molecule has 0 bridgehead atoms. The van der Waals surface area contributed by atoms with Gasteiger partial charge in [0.15, 0.2) is 0 Å². The average molecular weight is 463 g/mol. The molecule has 1 aromatic heterocycles. The van der Waals surface area contributed by atoms with E-state index in [1.54, 1.807) is 42.8 Å². The van der Waals surface area contributed by atoms with Crippen molar-refractivity contribution in [2.45, 2.75) is 38.6 Å². The van der Waals surface area contributed by atoms with Gasteiger partial charge in [-0.3, -0.25) is 4.79 Å². The van der Waals surface area contributed by atoms with Crippen molar-refractivity contribution in [1.29, 1.82) is 0 Å². The molecule has 32 heavy (non-hydrogen) atoms. The standard InChI is InChI=1S/C23H30N2O6S/c1-15-4-6-16(7-5-15)21(26)25(17(13-29-2)14-30-3)20-9-8-18(12-19(20)22(27)28)31-23-24-10-11-32-23/h8-12,15-17H,4-7,13-14H2,1-3H3,(H,27,28). The van der Waals surface area contributed by atoms with Crippen molar-refractivity contribution < 1.29 is 28.9 Å². The number of aromatic nitrogens is 1. The first-order valence-corrected chi connectivity index (χ1v) is 11.6.